The van der Waals surface area contributed by atoms with Gasteiger partial charge in [-0.25, -0.2) is 0 Å². The van der Waals surface area contributed by atoms with Crippen LogP contribution in [0, 0.1) is 6.92 Å². The van der Waals surface area contributed by atoms with Crippen molar-refractivity contribution < 1.29 is 9.90 Å². The number of benzene rings is 2. The minimum Gasteiger partial charge on any atom is -0.393 e. The molecule has 182 valence electrons. The molecule has 1 fully saturated rings. The second-order valence-electron chi connectivity index (χ2n) is 9.34. The molecule has 0 spiro atoms. The number of fused-ring (bicyclic) bond motifs is 4. The van der Waals surface area contributed by atoms with Gasteiger partial charge in [0.2, 0.25) is 5.65 Å². The van der Waals surface area contributed by atoms with E-state index >= 15 is 0 Å². The summed E-state index contributed by atoms with van der Waals surface area (Å²) in [5.74, 6) is 0.756. The van der Waals surface area contributed by atoms with Gasteiger partial charge in [0.1, 0.15) is 5.82 Å². The Kier molecular flexibility index (Phi) is 6.07. The van der Waals surface area contributed by atoms with E-state index in [0.29, 0.717) is 35.5 Å². The Balaban J connectivity index is 0.00000253. The molecule has 1 saturated carbocycles. The molecule has 2 aromatic carbocycles. The number of aromatic nitrogens is 4. The third-order valence-electron chi connectivity index (χ3n) is 7.20. The molecule has 35 heavy (non-hydrogen) atoms. The van der Waals surface area contributed by atoms with Crippen molar-refractivity contribution >= 4 is 52.3 Å². The summed E-state index contributed by atoms with van der Waals surface area (Å²) in [5, 5.41) is 19.1. The zero-order chi connectivity index (χ0) is 23.6. The van der Waals surface area contributed by atoms with E-state index in [1.165, 1.54) is 0 Å². The van der Waals surface area contributed by atoms with E-state index in [9.17, 15) is 14.7 Å². The third kappa shape index (κ3) is 3.90. The third-order valence-corrected chi connectivity index (χ3v) is 7.43. The summed E-state index contributed by atoms with van der Waals surface area (Å²) in [6.45, 7) is 2.49. The summed E-state index contributed by atoms with van der Waals surface area (Å²) in [4.78, 5) is 31.0. The highest BCUT2D eigenvalue weighted by atomic mass is 35.5. The first kappa shape index (κ1) is 23.8. The molecule has 2 N–H and O–H groups in total. The number of amides is 1. The Morgan fingerprint density at radius 3 is 2.69 bits per heavy atom. The van der Waals surface area contributed by atoms with Crippen LogP contribution < -0.4 is 10.5 Å². The molecule has 2 aromatic heterocycles. The van der Waals surface area contributed by atoms with Crippen LogP contribution in [0.3, 0.4) is 0 Å². The second kappa shape index (κ2) is 8.93. The largest absolute Gasteiger partial charge is 0.393 e. The number of aryl methyl sites for hydroxylation is 1. The highest BCUT2D eigenvalue weighted by Gasteiger charge is 2.29. The van der Waals surface area contributed by atoms with E-state index in [1.807, 2.05) is 29.5 Å². The normalized spacial score (nSPS) is 19.7. The monoisotopic (exact) mass is 513 g/mol. The summed E-state index contributed by atoms with van der Waals surface area (Å²) in [7, 11) is 0. The molecule has 6 rings (SSSR count). The van der Waals surface area contributed by atoms with Gasteiger partial charge in [-0.05, 0) is 80.5 Å². The van der Waals surface area contributed by atoms with E-state index in [4.69, 9.17) is 11.6 Å². The number of aliphatic hydroxyl groups is 1. The van der Waals surface area contributed by atoms with Gasteiger partial charge in [-0.2, -0.15) is 0 Å². The fraction of sp³-hybridized carbons (Fsp3) is 0.360. The first-order chi connectivity index (χ1) is 16.4. The van der Waals surface area contributed by atoms with Crippen molar-refractivity contribution in [2.24, 2.45) is 0 Å². The van der Waals surface area contributed by atoms with Crippen molar-refractivity contribution in [3.05, 3.63) is 68.2 Å². The van der Waals surface area contributed by atoms with Crippen LogP contribution in [-0.2, 0) is 6.42 Å². The van der Waals surface area contributed by atoms with Crippen LogP contribution in [0.4, 0.5) is 5.69 Å². The summed E-state index contributed by atoms with van der Waals surface area (Å²) in [6.07, 6.45) is 3.49. The number of anilines is 1. The smallest absolute Gasteiger partial charge is 0.294 e. The van der Waals surface area contributed by atoms with Gasteiger partial charge in [0.15, 0.2) is 0 Å². The highest BCUT2D eigenvalue weighted by Crippen LogP contribution is 2.34. The zero-order valence-electron chi connectivity index (χ0n) is 19.1. The maximum atomic E-state index is 13.5. The summed E-state index contributed by atoms with van der Waals surface area (Å²) >= 11 is 6.13. The van der Waals surface area contributed by atoms with Crippen LogP contribution in [0.5, 0.6) is 0 Å². The number of nitrogens with one attached hydrogen (secondary N) is 1. The van der Waals surface area contributed by atoms with Gasteiger partial charge in [-0.15, -0.1) is 22.6 Å². The van der Waals surface area contributed by atoms with Gasteiger partial charge in [0, 0.05) is 28.7 Å². The topological polar surface area (TPSA) is 104 Å². The molecule has 8 nitrogen and oxygen atoms in total. The van der Waals surface area contributed by atoms with Gasteiger partial charge in [-0.1, -0.05) is 11.6 Å². The zero-order valence-corrected chi connectivity index (χ0v) is 20.7. The molecule has 1 aliphatic heterocycles. The molecule has 4 aromatic rings. The van der Waals surface area contributed by atoms with Crippen molar-refractivity contribution in [2.75, 3.05) is 11.4 Å². The standard InChI is InChI=1S/C25H24ClN5O3.ClH/c1-13-10-21-19(12-18(13)25(34)30-9-8-15-11-16(26)4-7-20(15)30)27-24(33)23-29-28-22(31(21)23)14-2-5-17(32)6-3-14;/h4,7,10-12,14,17,32H,2-3,5-6,8-9H2,1H3,(H,27,33);1H. The fourth-order valence-corrected chi connectivity index (χ4v) is 5.59. The molecule has 10 heteroatoms. The van der Waals surface area contributed by atoms with Crippen molar-refractivity contribution in [3.8, 4) is 0 Å². The second-order valence-corrected chi connectivity index (χ2v) is 9.78. The number of rotatable bonds is 2. The Morgan fingerprint density at radius 1 is 1.14 bits per heavy atom. The number of carbonyl (C=O) groups excluding carboxylic acids is 1. The lowest BCUT2D eigenvalue weighted by Crippen LogP contribution is -2.29. The van der Waals surface area contributed by atoms with Crippen LogP contribution in [0.1, 0.15) is 58.9 Å². The molecule has 2 aliphatic rings. The molecular weight excluding hydrogens is 489 g/mol. The van der Waals surface area contributed by atoms with Crippen LogP contribution in [-0.4, -0.2) is 43.2 Å². The molecule has 3 heterocycles. The van der Waals surface area contributed by atoms with E-state index in [1.54, 1.807) is 17.0 Å². The minimum absolute atomic E-state index is 0. The number of H-pyrrole nitrogens is 1. The number of aromatic amines is 1. The summed E-state index contributed by atoms with van der Waals surface area (Å²) in [5.41, 5.74) is 4.53. The number of carbonyl (C=O) groups is 1. The summed E-state index contributed by atoms with van der Waals surface area (Å²) < 4.78 is 1.82. The molecule has 0 bridgehead atoms. The van der Waals surface area contributed by atoms with Gasteiger partial charge in [0.05, 0.1) is 17.1 Å². The van der Waals surface area contributed by atoms with E-state index < -0.39 is 0 Å². The van der Waals surface area contributed by atoms with E-state index in [0.717, 1.165) is 47.4 Å². The van der Waals surface area contributed by atoms with Crippen molar-refractivity contribution in [2.45, 2.75) is 51.0 Å². The van der Waals surface area contributed by atoms with E-state index in [-0.39, 0.29) is 41.5 Å². The molecule has 1 aliphatic carbocycles. The van der Waals surface area contributed by atoms with Crippen molar-refractivity contribution in [1.82, 2.24) is 19.6 Å². The Morgan fingerprint density at radius 2 is 1.91 bits per heavy atom. The average Bonchev–Trinajstić information content (AvgIpc) is 3.44. The molecule has 0 unspecified atom stereocenters. The molecule has 0 atom stereocenters. The Bertz CT molecular complexity index is 1520. The van der Waals surface area contributed by atoms with Crippen molar-refractivity contribution in [1.29, 1.82) is 0 Å². The first-order valence-electron chi connectivity index (χ1n) is 11.6. The number of aliphatic hydroxyl groups excluding tert-OH is 1. The van der Waals surface area contributed by atoms with Crippen LogP contribution >= 0.6 is 24.0 Å². The Labute approximate surface area is 212 Å². The lowest BCUT2D eigenvalue weighted by molar-refractivity contribution is 0.0989. The van der Waals surface area contributed by atoms with Gasteiger partial charge in [-0.3, -0.25) is 14.0 Å². The Hall–Kier alpha value is -2.94. The average molecular weight is 514 g/mol. The van der Waals surface area contributed by atoms with Crippen molar-refractivity contribution in [3.63, 3.8) is 0 Å². The van der Waals surface area contributed by atoms with Gasteiger partial charge >= 0.3 is 0 Å². The number of hydrogen-bond donors (Lipinski definition) is 2. The SMILES string of the molecule is Cc1cc2c(cc1C(=O)N1CCc3cc(Cl)ccc31)[nH]c(=O)c1nnc(C3CCC(O)CC3)n12.Cl. The van der Waals surface area contributed by atoms with Crippen LogP contribution in [0.15, 0.2) is 35.1 Å². The van der Waals surface area contributed by atoms with E-state index in [2.05, 4.69) is 15.2 Å². The molecular formula is C25H25Cl2N5O3. The number of halogens is 2. The number of hydrogen-bond acceptors (Lipinski definition) is 5. The predicted molar refractivity (Wildman–Crippen MR) is 137 cm³/mol. The fourth-order valence-electron chi connectivity index (χ4n) is 5.39. The lowest BCUT2D eigenvalue weighted by atomic mass is 9.87. The maximum absolute atomic E-state index is 13.5. The number of nitrogens with zero attached hydrogens (tertiary/aromatic N) is 4. The quantitative estimate of drug-likeness (QED) is 0.418. The predicted octanol–water partition coefficient (Wildman–Crippen LogP) is 4.18. The first-order valence-corrected chi connectivity index (χ1v) is 12.0. The van der Waals surface area contributed by atoms with Crippen LogP contribution in [0.25, 0.3) is 16.7 Å². The summed E-state index contributed by atoms with van der Waals surface area (Å²) in [6, 6.07) is 9.27. The maximum Gasteiger partial charge on any atom is 0.294 e. The minimum atomic E-state index is -0.342. The van der Waals surface area contributed by atoms with Gasteiger partial charge < -0.3 is 15.0 Å². The lowest BCUT2D eigenvalue weighted by Gasteiger charge is -2.24. The van der Waals surface area contributed by atoms with Gasteiger partial charge in [0.25, 0.3) is 11.5 Å². The molecule has 1 amide bonds. The molecule has 0 saturated heterocycles. The van der Waals surface area contributed by atoms with Crippen LogP contribution in [0.2, 0.25) is 5.02 Å². The molecule has 0 radical (unpaired) electrons. The highest BCUT2D eigenvalue weighted by molar-refractivity contribution is 6.30.